The number of hydrogen-bond donors (Lipinski definition) is 1. The Hall–Kier alpha value is -2.53. The summed E-state index contributed by atoms with van der Waals surface area (Å²) >= 11 is 0. The molecule has 132 valence electrons. The molecule has 5 heteroatoms. The van der Waals surface area contributed by atoms with Crippen LogP contribution in [-0.4, -0.2) is 55.5 Å². The highest BCUT2D eigenvalue weighted by Gasteiger charge is 2.20. The summed E-state index contributed by atoms with van der Waals surface area (Å²) in [6, 6.07) is 18.1. The molecule has 1 heterocycles. The summed E-state index contributed by atoms with van der Waals surface area (Å²) in [5, 5.41) is 3.18. The molecule has 0 aliphatic carbocycles. The fraction of sp³-hybridized carbons (Fsp3) is 0.350. The average molecular weight is 339 g/mol. The molecule has 1 fully saturated rings. The molecule has 0 unspecified atom stereocenters. The minimum Gasteiger partial charge on any atom is -0.497 e. The van der Waals surface area contributed by atoms with E-state index < -0.39 is 0 Å². The lowest BCUT2D eigenvalue weighted by molar-refractivity contribution is -0.131. The summed E-state index contributed by atoms with van der Waals surface area (Å²) in [7, 11) is 1.64. The van der Waals surface area contributed by atoms with Crippen molar-refractivity contribution in [2.24, 2.45) is 0 Å². The van der Waals surface area contributed by atoms with E-state index >= 15 is 0 Å². The lowest BCUT2D eigenvalue weighted by Crippen LogP contribution is -2.49. The van der Waals surface area contributed by atoms with E-state index in [9.17, 15) is 4.79 Å². The Bertz CT molecular complexity index is 682. The lowest BCUT2D eigenvalue weighted by Gasteiger charge is -2.34. The molecule has 1 N–H and O–H groups in total. The first-order valence-corrected chi connectivity index (χ1v) is 8.66. The van der Waals surface area contributed by atoms with Crippen molar-refractivity contribution >= 4 is 11.6 Å². The Morgan fingerprint density at radius 1 is 1.04 bits per heavy atom. The molecular weight excluding hydrogens is 314 g/mol. The van der Waals surface area contributed by atoms with Crippen LogP contribution in [-0.2, 0) is 11.3 Å². The zero-order valence-corrected chi connectivity index (χ0v) is 14.6. The Kier molecular flexibility index (Phi) is 5.90. The summed E-state index contributed by atoms with van der Waals surface area (Å²) in [4.78, 5) is 16.7. The van der Waals surface area contributed by atoms with Crippen LogP contribution in [0.25, 0.3) is 0 Å². The number of nitrogens with zero attached hydrogens (tertiary/aromatic N) is 2. The van der Waals surface area contributed by atoms with Gasteiger partial charge >= 0.3 is 0 Å². The van der Waals surface area contributed by atoms with Gasteiger partial charge in [0, 0.05) is 44.5 Å². The van der Waals surface area contributed by atoms with E-state index in [4.69, 9.17) is 4.74 Å². The number of ether oxygens (including phenoxy) is 1. The maximum Gasteiger partial charge on any atom is 0.241 e. The maximum atomic E-state index is 12.4. The number of rotatable bonds is 6. The highest BCUT2D eigenvalue weighted by Crippen LogP contribution is 2.16. The highest BCUT2D eigenvalue weighted by molar-refractivity contribution is 5.81. The molecule has 0 aromatic heterocycles. The number of nitrogens with one attached hydrogen (secondary N) is 1. The highest BCUT2D eigenvalue weighted by atomic mass is 16.5. The topological polar surface area (TPSA) is 44.8 Å². The van der Waals surface area contributed by atoms with Gasteiger partial charge in [0.15, 0.2) is 0 Å². The number of methoxy groups -OCH3 is 1. The summed E-state index contributed by atoms with van der Waals surface area (Å²) in [6.45, 7) is 4.66. The van der Waals surface area contributed by atoms with Crippen molar-refractivity contribution in [1.82, 2.24) is 9.80 Å². The fourth-order valence-corrected chi connectivity index (χ4v) is 3.02. The number of piperazine rings is 1. The van der Waals surface area contributed by atoms with Gasteiger partial charge in [0.05, 0.1) is 13.7 Å². The standard InChI is InChI=1S/C20H25N3O2/c1-25-19-9-5-8-18(14-19)21-15-20(24)23-12-10-22(11-13-23)16-17-6-3-2-4-7-17/h2-9,14,21H,10-13,15-16H2,1H3. The summed E-state index contributed by atoms with van der Waals surface area (Å²) < 4.78 is 5.20. The summed E-state index contributed by atoms with van der Waals surface area (Å²) in [5.41, 5.74) is 2.22. The molecule has 2 aromatic carbocycles. The van der Waals surface area contributed by atoms with Crippen LogP contribution in [0.5, 0.6) is 5.75 Å². The monoisotopic (exact) mass is 339 g/mol. The molecule has 3 rings (SSSR count). The Morgan fingerprint density at radius 2 is 1.80 bits per heavy atom. The second-order valence-electron chi connectivity index (χ2n) is 6.23. The second kappa shape index (κ2) is 8.53. The first-order valence-electron chi connectivity index (χ1n) is 8.66. The largest absolute Gasteiger partial charge is 0.497 e. The zero-order chi connectivity index (χ0) is 17.5. The molecule has 1 amide bonds. The number of anilines is 1. The van der Waals surface area contributed by atoms with Crippen LogP contribution < -0.4 is 10.1 Å². The van der Waals surface area contributed by atoms with Crippen LogP contribution in [0.3, 0.4) is 0 Å². The van der Waals surface area contributed by atoms with Gasteiger partial charge in [-0.15, -0.1) is 0 Å². The van der Waals surface area contributed by atoms with E-state index in [-0.39, 0.29) is 5.91 Å². The Balaban J connectivity index is 1.43. The van der Waals surface area contributed by atoms with Crippen LogP contribution in [0.2, 0.25) is 0 Å². The quantitative estimate of drug-likeness (QED) is 0.878. The first-order chi connectivity index (χ1) is 12.2. The molecular formula is C20H25N3O2. The first kappa shape index (κ1) is 17.3. The van der Waals surface area contributed by atoms with E-state index in [2.05, 4.69) is 34.5 Å². The van der Waals surface area contributed by atoms with E-state index in [1.54, 1.807) is 7.11 Å². The molecule has 1 aliphatic heterocycles. The van der Waals surface area contributed by atoms with E-state index in [1.807, 2.05) is 35.2 Å². The molecule has 0 atom stereocenters. The summed E-state index contributed by atoms with van der Waals surface area (Å²) in [5.74, 6) is 0.925. The van der Waals surface area contributed by atoms with Crippen molar-refractivity contribution in [2.45, 2.75) is 6.54 Å². The van der Waals surface area contributed by atoms with Crippen LogP contribution in [0.15, 0.2) is 54.6 Å². The number of hydrogen-bond acceptors (Lipinski definition) is 4. The van der Waals surface area contributed by atoms with Gasteiger partial charge in [0.1, 0.15) is 5.75 Å². The third-order valence-electron chi connectivity index (χ3n) is 4.49. The minimum atomic E-state index is 0.141. The van der Waals surface area contributed by atoms with Gasteiger partial charge in [-0.25, -0.2) is 0 Å². The Labute approximate surface area is 149 Å². The predicted octanol–water partition coefficient (Wildman–Crippen LogP) is 2.45. The molecule has 1 aliphatic rings. The van der Waals surface area contributed by atoms with Gasteiger partial charge in [-0.1, -0.05) is 36.4 Å². The van der Waals surface area contributed by atoms with Crippen molar-refractivity contribution < 1.29 is 9.53 Å². The normalized spacial score (nSPS) is 15.0. The number of amides is 1. The van der Waals surface area contributed by atoms with E-state index in [0.717, 1.165) is 44.2 Å². The van der Waals surface area contributed by atoms with Gasteiger partial charge in [-0.2, -0.15) is 0 Å². The number of carbonyl (C=O) groups is 1. The molecule has 5 nitrogen and oxygen atoms in total. The fourth-order valence-electron chi connectivity index (χ4n) is 3.02. The molecule has 0 spiro atoms. The molecule has 0 bridgehead atoms. The molecule has 0 radical (unpaired) electrons. The number of benzene rings is 2. The Morgan fingerprint density at radius 3 is 2.52 bits per heavy atom. The molecule has 2 aromatic rings. The molecule has 1 saturated heterocycles. The average Bonchev–Trinajstić information content (AvgIpc) is 2.67. The van der Waals surface area contributed by atoms with Crippen molar-refractivity contribution in [3.8, 4) is 5.75 Å². The number of carbonyl (C=O) groups excluding carboxylic acids is 1. The molecule has 25 heavy (non-hydrogen) atoms. The van der Waals surface area contributed by atoms with Gasteiger partial charge in [-0.3, -0.25) is 9.69 Å². The lowest BCUT2D eigenvalue weighted by atomic mass is 10.2. The van der Waals surface area contributed by atoms with Crippen molar-refractivity contribution in [2.75, 3.05) is 45.2 Å². The third-order valence-corrected chi connectivity index (χ3v) is 4.49. The summed E-state index contributed by atoms with van der Waals surface area (Å²) in [6.07, 6.45) is 0. The van der Waals surface area contributed by atoms with Crippen LogP contribution in [0.4, 0.5) is 5.69 Å². The van der Waals surface area contributed by atoms with Crippen molar-refractivity contribution in [1.29, 1.82) is 0 Å². The maximum absolute atomic E-state index is 12.4. The predicted molar refractivity (Wildman–Crippen MR) is 99.8 cm³/mol. The van der Waals surface area contributed by atoms with Gasteiger partial charge < -0.3 is 15.0 Å². The van der Waals surface area contributed by atoms with Crippen molar-refractivity contribution in [3.63, 3.8) is 0 Å². The smallest absolute Gasteiger partial charge is 0.241 e. The minimum absolute atomic E-state index is 0.141. The van der Waals surface area contributed by atoms with Gasteiger partial charge in [0.25, 0.3) is 0 Å². The van der Waals surface area contributed by atoms with E-state index in [1.165, 1.54) is 5.56 Å². The van der Waals surface area contributed by atoms with Crippen LogP contribution in [0.1, 0.15) is 5.56 Å². The van der Waals surface area contributed by atoms with Gasteiger partial charge in [-0.05, 0) is 17.7 Å². The van der Waals surface area contributed by atoms with Crippen molar-refractivity contribution in [3.05, 3.63) is 60.2 Å². The third kappa shape index (κ3) is 4.97. The van der Waals surface area contributed by atoms with Gasteiger partial charge in [0.2, 0.25) is 5.91 Å². The van der Waals surface area contributed by atoms with Crippen LogP contribution >= 0.6 is 0 Å². The van der Waals surface area contributed by atoms with Crippen LogP contribution in [0, 0.1) is 0 Å². The molecule has 0 saturated carbocycles. The second-order valence-corrected chi connectivity index (χ2v) is 6.23. The zero-order valence-electron chi connectivity index (χ0n) is 14.6. The van der Waals surface area contributed by atoms with E-state index in [0.29, 0.717) is 6.54 Å². The SMILES string of the molecule is COc1cccc(NCC(=O)N2CCN(Cc3ccccc3)CC2)c1.